The zero-order valence-corrected chi connectivity index (χ0v) is 17.9. The number of benzene rings is 1. The minimum absolute atomic E-state index is 0.0830. The fraction of sp³-hybridized carbons (Fsp3) is 0.222. The smallest absolute Gasteiger partial charge is 0.284 e. The van der Waals surface area contributed by atoms with Gasteiger partial charge in [0.05, 0.1) is 10.6 Å². The standard InChI is InChI=1S/C18H13F5N4O3S2/c1-3-32(29,30)13-6-9(11-7-10(19)4-5-12(11)20)8-24-14(13)15(28)27(2)17-26-25-16(31-17)18(21,22)23/h4-8H,3H2,1-2H3. The summed E-state index contributed by atoms with van der Waals surface area (Å²) in [6.07, 6.45) is -3.81. The highest BCUT2D eigenvalue weighted by Gasteiger charge is 2.37. The number of carbonyl (C=O) groups excluding carboxylic acids is 1. The molecule has 170 valence electrons. The van der Waals surface area contributed by atoms with Crippen LogP contribution in [0, 0.1) is 11.6 Å². The molecule has 2 aromatic heterocycles. The van der Waals surface area contributed by atoms with E-state index in [4.69, 9.17) is 0 Å². The van der Waals surface area contributed by atoms with Gasteiger partial charge in [0, 0.05) is 24.4 Å². The highest BCUT2D eigenvalue weighted by atomic mass is 32.2. The predicted octanol–water partition coefficient (Wildman–Crippen LogP) is 3.97. The molecule has 0 atom stereocenters. The Morgan fingerprint density at radius 2 is 1.84 bits per heavy atom. The fourth-order valence-electron chi connectivity index (χ4n) is 2.58. The van der Waals surface area contributed by atoms with Crippen LogP contribution >= 0.6 is 11.3 Å². The van der Waals surface area contributed by atoms with Crippen LogP contribution in [0.3, 0.4) is 0 Å². The van der Waals surface area contributed by atoms with Gasteiger partial charge in [0.2, 0.25) is 10.1 Å². The highest BCUT2D eigenvalue weighted by molar-refractivity contribution is 7.91. The fourth-order valence-corrected chi connectivity index (χ4v) is 4.30. The first-order valence-electron chi connectivity index (χ1n) is 8.72. The first-order valence-corrected chi connectivity index (χ1v) is 11.2. The summed E-state index contributed by atoms with van der Waals surface area (Å²) in [7, 11) is -3.02. The Labute approximate surface area is 182 Å². The lowest BCUT2D eigenvalue weighted by Crippen LogP contribution is -2.29. The van der Waals surface area contributed by atoms with E-state index in [1.54, 1.807) is 0 Å². The Balaban J connectivity index is 2.10. The Kier molecular flexibility index (Phi) is 6.29. The quantitative estimate of drug-likeness (QED) is 0.501. The van der Waals surface area contributed by atoms with Crippen molar-refractivity contribution >= 4 is 32.2 Å². The third kappa shape index (κ3) is 4.60. The molecular formula is C18H13F5N4O3S2. The summed E-state index contributed by atoms with van der Waals surface area (Å²) in [5.74, 6) is -3.16. The molecule has 0 saturated heterocycles. The lowest BCUT2D eigenvalue weighted by molar-refractivity contribution is -0.138. The second-order valence-corrected chi connectivity index (χ2v) is 9.55. The van der Waals surface area contributed by atoms with E-state index < -0.39 is 60.0 Å². The lowest BCUT2D eigenvalue weighted by Gasteiger charge is -2.16. The molecule has 0 bridgehead atoms. The molecule has 1 amide bonds. The van der Waals surface area contributed by atoms with Gasteiger partial charge in [-0.1, -0.05) is 18.3 Å². The number of hydrogen-bond donors (Lipinski definition) is 0. The molecule has 0 radical (unpaired) electrons. The number of hydrogen-bond acceptors (Lipinski definition) is 7. The van der Waals surface area contributed by atoms with Crippen LogP contribution in [0.15, 0.2) is 35.4 Å². The van der Waals surface area contributed by atoms with Crippen molar-refractivity contribution in [2.24, 2.45) is 0 Å². The van der Waals surface area contributed by atoms with Crippen LogP contribution in [0.2, 0.25) is 0 Å². The number of alkyl halides is 3. The first-order chi connectivity index (χ1) is 14.8. The van der Waals surface area contributed by atoms with E-state index in [0.29, 0.717) is 4.90 Å². The largest absolute Gasteiger partial charge is 0.445 e. The number of aromatic nitrogens is 3. The third-order valence-electron chi connectivity index (χ3n) is 4.26. The molecule has 0 aliphatic carbocycles. The van der Waals surface area contributed by atoms with E-state index in [9.17, 15) is 35.2 Å². The van der Waals surface area contributed by atoms with Crippen molar-refractivity contribution in [1.29, 1.82) is 0 Å². The molecule has 32 heavy (non-hydrogen) atoms. The van der Waals surface area contributed by atoms with Gasteiger partial charge in [-0.25, -0.2) is 22.2 Å². The molecule has 1 aromatic carbocycles. The zero-order valence-electron chi connectivity index (χ0n) is 16.3. The maximum Gasteiger partial charge on any atom is 0.445 e. The van der Waals surface area contributed by atoms with Gasteiger partial charge in [0.25, 0.3) is 5.91 Å². The molecule has 3 aromatic rings. The number of amides is 1. The third-order valence-corrected chi connectivity index (χ3v) is 7.04. The minimum atomic E-state index is -4.77. The normalized spacial score (nSPS) is 12.1. The van der Waals surface area contributed by atoms with Crippen LogP contribution in [0.4, 0.5) is 27.1 Å². The molecule has 14 heteroatoms. The van der Waals surface area contributed by atoms with Gasteiger partial charge >= 0.3 is 6.18 Å². The summed E-state index contributed by atoms with van der Waals surface area (Å²) >= 11 is 0.0830. The van der Waals surface area contributed by atoms with Crippen molar-refractivity contribution in [1.82, 2.24) is 15.2 Å². The van der Waals surface area contributed by atoms with Crippen LogP contribution in [-0.4, -0.2) is 42.3 Å². The van der Waals surface area contributed by atoms with E-state index in [0.717, 1.165) is 37.5 Å². The molecule has 2 heterocycles. The molecule has 7 nitrogen and oxygen atoms in total. The Bertz CT molecular complexity index is 1290. The first kappa shape index (κ1) is 23.7. The van der Waals surface area contributed by atoms with Crippen molar-refractivity contribution in [3.63, 3.8) is 0 Å². The van der Waals surface area contributed by atoms with Gasteiger partial charge in [-0.05, 0) is 24.3 Å². The van der Waals surface area contributed by atoms with E-state index in [1.165, 1.54) is 6.92 Å². The number of rotatable bonds is 5. The predicted molar refractivity (Wildman–Crippen MR) is 105 cm³/mol. The molecule has 0 N–H and O–H groups in total. The maximum absolute atomic E-state index is 14.1. The average Bonchev–Trinajstić information content (AvgIpc) is 3.25. The Hall–Kier alpha value is -3.00. The summed E-state index contributed by atoms with van der Waals surface area (Å²) in [5.41, 5.74) is -1.00. The van der Waals surface area contributed by atoms with Crippen LogP contribution < -0.4 is 4.90 Å². The van der Waals surface area contributed by atoms with E-state index in [1.807, 2.05) is 0 Å². The molecule has 0 spiro atoms. The summed E-state index contributed by atoms with van der Waals surface area (Å²) in [6.45, 7) is 1.29. The van der Waals surface area contributed by atoms with Crippen LogP contribution in [0.25, 0.3) is 11.1 Å². The van der Waals surface area contributed by atoms with E-state index >= 15 is 0 Å². The second-order valence-electron chi connectivity index (χ2n) is 6.35. The van der Waals surface area contributed by atoms with Gasteiger partial charge in [-0.2, -0.15) is 13.2 Å². The summed E-state index contributed by atoms with van der Waals surface area (Å²) in [5, 5.41) is 4.56. The Morgan fingerprint density at radius 3 is 2.44 bits per heavy atom. The monoisotopic (exact) mass is 492 g/mol. The number of sulfone groups is 1. The number of pyridine rings is 1. The van der Waals surface area contributed by atoms with Crippen LogP contribution in [0.1, 0.15) is 22.4 Å². The van der Waals surface area contributed by atoms with Crippen LogP contribution in [-0.2, 0) is 16.0 Å². The molecule has 0 aliphatic heterocycles. The van der Waals surface area contributed by atoms with Crippen molar-refractivity contribution in [2.45, 2.75) is 18.0 Å². The van der Waals surface area contributed by atoms with Crippen molar-refractivity contribution in [3.05, 3.63) is 52.8 Å². The molecular weight excluding hydrogens is 479 g/mol. The van der Waals surface area contributed by atoms with Gasteiger partial charge in [-0.3, -0.25) is 9.69 Å². The van der Waals surface area contributed by atoms with Crippen molar-refractivity contribution in [2.75, 3.05) is 17.7 Å². The minimum Gasteiger partial charge on any atom is -0.284 e. The molecule has 0 saturated carbocycles. The summed E-state index contributed by atoms with van der Waals surface area (Å²) in [6, 6.07) is 3.52. The molecule has 3 rings (SSSR count). The zero-order chi connectivity index (χ0) is 23.8. The average molecular weight is 492 g/mol. The van der Waals surface area contributed by atoms with Gasteiger partial charge in [0.15, 0.2) is 9.84 Å². The molecule has 0 fully saturated rings. The topological polar surface area (TPSA) is 93.1 Å². The van der Waals surface area contributed by atoms with Gasteiger partial charge in [0.1, 0.15) is 17.3 Å². The molecule has 0 aliphatic rings. The lowest BCUT2D eigenvalue weighted by atomic mass is 10.1. The highest BCUT2D eigenvalue weighted by Crippen LogP contribution is 2.35. The summed E-state index contributed by atoms with van der Waals surface area (Å²) < 4.78 is 91.2. The number of nitrogens with zero attached hydrogens (tertiary/aromatic N) is 4. The number of anilines is 1. The van der Waals surface area contributed by atoms with Crippen molar-refractivity contribution < 1.29 is 35.2 Å². The van der Waals surface area contributed by atoms with Gasteiger partial charge in [-0.15, -0.1) is 10.2 Å². The van der Waals surface area contributed by atoms with Gasteiger partial charge < -0.3 is 0 Å². The summed E-state index contributed by atoms with van der Waals surface area (Å²) in [4.78, 5) is 16.8. The second kappa shape index (κ2) is 8.50. The number of carbonyl (C=O) groups is 1. The number of halogens is 5. The Morgan fingerprint density at radius 1 is 1.16 bits per heavy atom. The molecule has 0 unspecified atom stereocenters. The van der Waals surface area contributed by atoms with E-state index in [-0.39, 0.29) is 22.5 Å². The maximum atomic E-state index is 14.1. The van der Waals surface area contributed by atoms with Crippen molar-refractivity contribution in [3.8, 4) is 11.1 Å². The van der Waals surface area contributed by atoms with Crippen LogP contribution in [0.5, 0.6) is 0 Å². The van der Waals surface area contributed by atoms with E-state index in [2.05, 4.69) is 15.2 Å². The SMILES string of the molecule is CCS(=O)(=O)c1cc(-c2cc(F)ccc2F)cnc1C(=O)N(C)c1nnc(C(F)(F)F)s1.